The summed E-state index contributed by atoms with van der Waals surface area (Å²) in [6.07, 6.45) is 1.50. The number of furan rings is 1. The Morgan fingerprint density at radius 2 is 2.00 bits per heavy atom. The number of carbonyl (C=O) groups excluding carboxylic acids is 3. The average molecular weight is 362 g/mol. The molecule has 1 aliphatic rings. The smallest absolute Gasteiger partial charge is 0.325 e. The molecule has 0 aliphatic carbocycles. The molecular formula is C17H16ClN3O4. The van der Waals surface area contributed by atoms with Gasteiger partial charge < -0.3 is 15.1 Å². The number of hydrogen-bond acceptors (Lipinski definition) is 4. The van der Waals surface area contributed by atoms with Crippen molar-refractivity contribution in [2.24, 2.45) is 0 Å². The molecule has 130 valence electrons. The topological polar surface area (TPSA) is 91.7 Å². The van der Waals surface area contributed by atoms with Gasteiger partial charge in [0.15, 0.2) is 0 Å². The monoisotopic (exact) mass is 361 g/mol. The Bertz CT molecular complexity index is 804. The van der Waals surface area contributed by atoms with E-state index in [1.807, 2.05) is 0 Å². The molecule has 0 bridgehead atoms. The largest absolute Gasteiger partial charge is 0.467 e. The molecule has 2 N–H and O–H groups in total. The summed E-state index contributed by atoms with van der Waals surface area (Å²) in [4.78, 5) is 37.8. The number of nitrogens with one attached hydrogen (secondary N) is 2. The molecule has 1 fully saturated rings. The van der Waals surface area contributed by atoms with Crippen molar-refractivity contribution in [2.45, 2.75) is 19.0 Å². The zero-order valence-electron chi connectivity index (χ0n) is 13.4. The Morgan fingerprint density at radius 3 is 2.64 bits per heavy atom. The van der Waals surface area contributed by atoms with E-state index >= 15 is 0 Å². The summed E-state index contributed by atoms with van der Waals surface area (Å²) in [6, 6.07) is 9.42. The molecule has 7 nitrogen and oxygen atoms in total. The van der Waals surface area contributed by atoms with Gasteiger partial charge >= 0.3 is 6.03 Å². The maximum atomic E-state index is 12.7. The van der Waals surface area contributed by atoms with Crippen LogP contribution in [0.1, 0.15) is 18.2 Å². The Balaban J connectivity index is 1.68. The van der Waals surface area contributed by atoms with E-state index in [2.05, 4.69) is 10.6 Å². The molecule has 3 rings (SSSR count). The van der Waals surface area contributed by atoms with Crippen LogP contribution >= 0.6 is 11.6 Å². The van der Waals surface area contributed by atoms with Gasteiger partial charge in [-0.05, 0) is 36.8 Å². The predicted octanol–water partition coefficient (Wildman–Crippen LogP) is 2.02. The van der Waals surface area contributed by atoms with E-state index in [1.54, 1.807) is 43.3 Å². The van der Waals surface area contributed by atoms with Crippen LogP contribution in [0.25, 0.3) is 0 Å². The number of imide groups is 1. The van der Waals surface area contributed by atoms with Crippen LogP contribution in [0.4, 0.5) is 4.79 Å². The fourth-order valence-corrected chi connectivity index (χ4v) is 2.74. The molecule has 1 saturated heterocycles. The van der Waals surface area contributed by atoms with E-state index < -0.39 is 23.4 Å². The SMILES string of the molecule is C[C@@]1(c2ccc(Cl)cc2)NC(=O)N(CC(=O)NCc2ccco2)C1=O. The van der Waals surface area contributed by atoms with E-state index in [0.717, 1.165) is 4.90 Å². The maximum Gasteiger partial charge on any atom is 0.325 e. The van der Waals surface area contributed by atoms with E-state index in [0.29, 0.717) is 16.3 Å². The minimum atomic E-state index is -1.23. The van der Waals surface area contributed by atoms with Crippen LogP contribution in [0.2, 0.25) is 5.02 Å². The molecule has 0 radical (unpaired) electrons. The zero-order chi connectivity index (χ0) is 18.0. The van der Waals surface area contributed by atoms with Crippen LogP contribution in [0.15, 0.2) is 47.1 Å². The van der Waals surface area contributed by atoms with Crippen LogP contribution in [-0.2, 0) is 21.7 Å². The summed E-state index contributed by atoms with van der Waals surface area (Å²) in [5, 5.41) is 5.77. The summed E-state index contributed by atoms with van der Waals surface area (Å²) in [5.74, 6) is -0.371. The number of halogens is 1. The Labute approximate surface area is 148 Å². The predicted molar refractivity (Wildman–Crippen MR) is 89.6 cm³/mol. The van der Waals surface area contributed by atoms with Crippen LogP contribution in [-0.4, -0.2) is 29.3 Å². The van der Waals surface area contributed by atoms with Crippen molar-refractivity contribution in [3.05, 3.63) is 59.0 Å². The van der Waals surface area contributed by atoms with Gasteiger partial charge in [0.25, 0.3) is 5.91 Å². The Hall–Kier alpha value is -2.80. The standard InChI is InChI=1S/C17H16ClN3O4/c1-17(11-4-6-12(18)7-5-11)15(23)21(16(24)20-17)10-14(22)19-9-13-3-2-8-25-13/h2-8H,9-10H2,1H3,(H,19,22)(H,20,24)/t17-/m0/s1. The molecule has 1 aromatic heterocycles. The number of nitrogens with zero attached hydrogens (tertiary/aromatic N) is 1. The van der Waals surface area contributed by atoms with Crippen LogP contribution in [0.3, 0.4) is 0 Å². The van der Waals surface area contributed by atoms with Gasteiger partial charge in [0.2, 0.25) is 5.91 Å². The second-order valence-electron chi connectivity index (χ2n) is 5.81. The summed E-state index contributed by atoms with van der Waals surface area (Å²) < 4.78 is 5.11. The molecular weight excluding hydrogens is 346 g/mol. The summed E-state index contributed by atoms with van der Waals surface area (Å²) in [7, 11) is 0. The molecule has 1 aliphatic heterocycles. The number of hydrogen-bond donors (Lipinski definition) is 2. The van der Waals surface area contributed by atoms with Crippen LogP contribution in [0, 0.1) is 0 Å². The molecule has 8 heteroatoms. The molecule has 2 aromatic rings. The van der Waals surface area contributed by atoms with E-state index in [-0.39, 0.29) is 13.1 Å². The van der Waals surface area contributed by atoms with Gasteiger partial charge in [-0.25, -0.2) is 4.79 Å². The average Bonchev–Trinajstić information content (AvgIpc) is 3.17. The number of amides is 4. The highest BCUT2D eigenvalue weighted by atomic mass is 35.5. The third-order valence-electron chi connectivity index (χ3n) is 4.04. The first-order chi connectivity index (χ1) is 11.9. The highest BCUT2D eigenvalue weighted by Gasteiger charge is 2.49. The summed E-state index contributed by atoms with van der Waals surface area (Å²) >= 11 is 5.86. The van der Waals surface area contributed by atoms with Crippen molar-refractivity contribution in [1.29, 1.82) is 0 Å². The molecule has 0 spiro atoms. The van der Waals surface area contributed by atoms with Crippen molar-refractivity contribution in [1.82, 2.24) is 15.5 Å². The van der Waals surface area contributed by atoms with Crippen molar-refractivity contribution < 1.29 is 18.8 Å². The highest BCUT2D eigenvalue weighted by molar-refractivity contribution is 6.30. The third-order valence-corrected chi connectivity index (χ3v) is 4.29. The Kier molecular flexibility index (Phi) is 4.50. The van der Waals surface area contributed by atoms with Crippen molar-refractivity contribution in [3.63, 3.8) is 0 Å². The normalized spacial score (nSPS) is 19.8. The van der Waals surface area contributed by atoms with Crippen molar-refractivity contribution >= 4 is 29.4 Å². The molecule has 0 unspecified atom stereocenters. The minimum absolute atomic E-state index is 0.184. The van der Waals surface area contributed by atoms with Gasteiger partial charge in [-0.15, -0.1) is 0 Å². The van der Waals surface area contributed by atoms with Gasteiger partial charge in [-0.3, -0.25) is 14.5 Å². The highest BCUT2D eigenvalue weighted by Crippen LogP contribution is 2.29. The molecule has 4 amide bonds. The van der Waals surface area contributed by atoms with Gasteiger partial charge in [-0.2, -0.15) is 0 Å². The number of carbonyl (C=O) groups is 3. The lowest BCUT2D eigenvalue weighted by molar-refractivity contribution is -0.134. The number of rotatable bonds is 5. The fraction of sp³-hybridized carbons (Fsp3) is 0.235. The first-order valence-corrected chi connectivity index (χ1v) is 7.97. The molecule has 1 aromatic carbocycles. The van der Waals surface area contributed by atoms with Gasteiger partial charge in [-0.1, -0.05) is 23.7 Å². The quantitative estimate of drug-likeness (QED) is 0.797. The van der Waals surface area contributed by atoms with Crippen molar-refractivity contribution in [2.75, 3.05) is 6.54 Å². The van der Waals surface area contributed by atoms with Crippen molar-refractivity contribution in [3.8, 4) is 0 Å². The second-order valence-corrected chi connectivity index (χ2v) is 6.25. The van der Waals surface area contributed by atoms with Gasteiger partial charge in [0.1, 0.15) is 17.8 Å². The Morgan fingerprint density at radius 1 is 1.28 bits per heavy atom. The second kappa shape index (κ2) is 6.60. The van der Waals surface area contributed by atoms with E-state index in [4.69, 9.17) is 16.0 Å². The fourth-order valence-electron chi connectivity index (χ4n) is 2.62. The minimum Gasteiger partial charge on any atom is -0.467 e. The first-order valence-electron chi connectivity index (χ1n) is 7.59. The lowest BCUT2D eigenvalue weighted by atomic mass is 9.92. The van der Waals surface area contributed by atoms with Gasteiger partial charge in [0, 0.05) is 5.02 Å². The maximum absolute atomic E-state index is 12.7. The number of benzene rings is 1. The zero-order valence-corrected chi connectivity index (χ0v) is 14.2. The molecule has 1 atom stereocenters. The number of urea groups is 1. The van der Waals surface area contributed by atoms with E-state index in [1.165, 1.54) is 6.26 Å². The molecule has 25 heavy (non-hydrogen) atoms. The summed E-state index contributed by atoms with van der Waals surface area (Å²) in [5.41, 5.74) is -0.642. The lowest BCUT2D eigenvalue weighted by Crippen LogP contribution is -2.43. The molecule has 2 heterocycles. The van der Waals surface area contributed by atoms with Crippen LogP contribution < -0.4 is 10.6 Å². The first kappa shape index (κ1) is 17.0. The van der Waals surface area contributed by atoms with E-state index in [9.17, 15) is 14.4 Å². The third kappa shape index (κ3) is 3.36. The van der Waals surface area contributed by atoms with Gasteiger partial charge in [0.05, 0.1) is 12.8 Å². The lowest BCUT2D eigenvalue weighted by Gasteiger charge is -2.22. The molecule has 0 saturated carbocycles. The summed E-state index contributed by atoms with van der Waals surface area (Å²) in [6.45, 7) is 1.41. The van der Waals surface area contributed by atoms with Crippen LogP contribution in [0.5, 0.6) is 0 Å².